The van der Waals surface area contributed by atoms with Crippen LogP contribution in [0.2, 0.25) is 0 Å². The van der Waals surface area contributed by atoms with Crippen LogP contribution in [0.1, 0.15) is 46.5 Å². The summed E-state index contributed by atoms with van der Waals surface area (Å²) in [6, 6.07) is 0. The summed E-state index contributed by atoms with van der Waals surface area (Å²) in [5, 5.41) is 3.53. The predicted molar refractivity (Wildman–Crippen MR) is 60.3 cm³/mol. The number of carbonyl (C=O) groups is 1. The van der Waals surface area contributed by atoms with E-state index in [1.54, 1.807) is 0 Å². The second-order valence-corrected chi connectivity index (χ2v) is 5.37. The van der Waals surface area contributed by atoms with E-state index in [0.29, 0.717) is 18.0 Å². The van der Waals surface area contributed by atoms with E-state index in [0.717, 1.165) is 32.2 Å². The first kappa shape index (κ1) is 10.9. The molecule has 1 unspecified atom stereocenters. The first-order chi connectivity index (χ1) is 7.09. The Hall–Kier alpha value is -0.570. The fraction of sp³-hybridized carbons (Fsp3) is 0.917. The van der Waals surface area contributed by atoms with Crippen LogP contribution in [0, 0.1) is 5.92 Å². The minimum Gasteiger partial charge on any atom is -0.326 e. The van der Waals surface area contributed by atoms with Gasteiger partial charge >= 0.3 is 0 Å². The molecule has 2 rings (SSSR count). The second kappa shape index (κ2) is 3.78. The quantitative estimate of drug-likeness (QED) is 0.766. The third-order valence-electron chi connectivity index (χ3n) is 3.40. The molecule has 0 aromatic carbocycles. The lowest BCUT2D eigenvalue weighted by Gasteiger charge is -2.24. The molecule has 2 aliphatic rings. The summed E-state index contributed by atoms with van der Waals surface area (Å²) < 4.78 is 0. The molecule has 0 radical (unpaired) electrons. The largest absolute Gasteiger partial charge is 0.326 e. The van der Waals surface area contributed by atoms with Crippen molar-refractivity contribution in [2.45, 2.75) is 58.2 Å². The topological polar surface area (TPSA) is 32.3 Å². The molecule has 3 nitrogen and oxygen atoms in total. The van der Waals surface area contributed by atoms with Crippen molar-refractivity contribution in [1.82, 2.24) is 10.2 Å². The van der Waals surface area contributed by atoms with Crippen molar-refractivity contribution in [3.63, 3.8) is 0 Å². The van der Waals surface area contributed by atoms with Crippen LogP contribution < -0.4 is 5.32 Å². The first-order valence-electron chi connectivity index (χ1n) is 6.18. The smallest absolute Gasteiger partial charge is 0.244 e. The first-order valence-corrected chi connectivity index (χ1v) is 6.18. The molecule has 2 fully saturated rings. The maximum absolute atomic E-state index is 12.1. The summed E-state index contributed by atoms with van der Waals surface area (Å²) in [4.78, 5) is 14.2. The van der Waals surface area contributed by atoms with Gasteiger partial charge in [-0.3, -0.25) is 10.1 Å². The van der Waals surface area contributed by atoms with E-state index < -0.39 is 0 Å². The highest BCUT2D eigenvalue weighted by Gasteiger charge is 2.58. The van der Waals surface area contributed by atoms with Crippen molar-refractivity contribution >= 4 is 5.91 Å². The number of hydrogen-bond donors (Lipinski definition) is 1. The lowest BCUT2D eigenvalue weighted by Crippen LogP contribution is -2.38. The molecular weight excluding hydrogens is 188 g/mol. The normalized spacial score (nSPS) is 28.1. The summed E-state index contributed by atoms with van der Waals surface area (Å²) >= 11 is 0. The van der Waals surface area contributed by atoms with Crippen LogP contribution >= 0.6 is 0 Å². The third-order valence-corrected chi connectivity index (χ3v) is 3.40. The zero-order valence-electron chi connectivity index (χ0n) is 10.0. The van der Waals surface area contributed by atoms with E-state index in [9.17, 15) is 4.79 Å². The van der Waals surface area contributed by atoms with E-state index in [-0.39, 0.29) is 5.54 Å². The monoisotopic (exact) mass is 210 g/mol. The molecule has 1 spiro atoms. The molecule has 1 heterocycles. The van der Waals surface area contributed by atoms with E-state index in [4.69, 9.17) is 0 Å². The maximum Gasteiger partial charge on any atom is 0.244 e. The number of nitrogens with one attached hydrogen (secondary N) is 1. The van der Waals surface area contributed by atoms with Gasteiger partial charge in [0, 0.05) is 6.54 Å². The number of amides is 1. The molecule has 1 aliphatic carbocycles. The Kier molecular flexibility index (Phi) is 2.75. The maximum atomic E-state index is 12.1. The highest BCUT2D eigenvalue weighted by atomic mass is 16.2. The van der Waals surface area contributed by atoms with E-state index >= 15 is 0 Å². The Morgan fingerprint density at radius 2 is 2.20 bits per heavy atom. The number of rotatable bonds is 4. The van der Waals surface area contributed by atoms with E-state index in [1.165, 1.54) is 0 Å². The third kappa shape index (κ3) is 1.89. The molecule has 1 amide bonds. The Balaban J connectivity index is 2.05. The lowest BCUT2D eigenvalue weighted by atomic mass is 10.1. The zero-order chi connectivity index (χ0) is 11.1. The molecule has 1 saturated carbocycles. The minimum absolute atomic E-state index is 0.130. The average molecular weight is 210 g/mol. The Labute approximate surface area is 92.2 Å². The fourth-order valence-corrected chi connectivity index (χ4v) is 2.49. The number of carbonyl (C=O) groups excluding carboxylic acids is 1. The van der Waals surface area contributed by atoms with Crippen molar-refractivity contribution in [1.29, 1.82) is 0 Å². The van der Waals surface area contributed by atoms with Gasteiger partial charge in [0.05, 0.1) is 11.7 Å². The van der Waals surface area contributed by atoms with Gasteiger partial charge in [-0.1, -0.05) is 20.8 Å². The van der Waals surface area contributed by atoms with Crippen LogP contribution in [0.5, 0.6) is 0 Å². The summed E-state index contributed by atoms with van der Waals surface area (Å²) in [6.45, 7) is 7.48. The summed E-state index contributed by atoms with van der Waals surface area (Å²) in [5.74, 6) is 0.999. The highest BCUT2D eigenvalue weighted by molar-refractivity contribution is 5.91. The number of hydrogen-bond acceptors (Lipinski definition) is 2. The van der Waals surface area contributed by atoms with Gasteiger partial charge in [-0.05, 0) is 31.6 Å². The molecule has 15 heavy (non-hydrogen) atoms. The van der Waals surface area contributed by atoms with Crippen LogP contribution in [0.25, 0.3) is 0 Å². The van der Waals surface area contributed by atoms with Crippen LogP contribution in [-0.4, -0.2) is 29.1 Å². The van der Waals surface area contributed by atoms with Crippen molar-refractivity contribution < 1.29 is 4.79 Å². The standard InChI is InChI=1S/C12H22N2O/c1-4-7-14-10(8-9(2)3)13-12(5-6-12)11(14)15/h9-10,13H,4-8H2,1-3H3. The van der Waals surface area contributed by atoms with E-state index in [2.05, 4.69) is 31.0 Å². The van der Waals surface area contributed by atoms with Crippen molar-refractivity contribution in [3.8, 4) is 0 Å². The van der Waals surface area contributed by atoms with Crippen LogP contribution in [0.4, 0.5) is 0 Å². The van der Waals surface area contributed by atoms with Crippen LogP contribution in [-0.2, 0) is 4.79 Å². The van der Waals surface area contributed by atoms with Gasteiger partial charge in [-0.25, -0.2) is 0 Å². The zero-order valence-corrected chi connectivity index (χ0v) is 10.0. The van der Waals surface area contributed by atoms with Gasteiger partial charge in [-0.2, -0.15) is 0 Å². The molecule has 1 N–H and O–H groups in total. The molecule has 86 valence electrons. The predicted octanol–water partition coefficient (Wildman–Crippen LogP) is 1.73. The Morgan fingerprint density at radius 3 is 2.67 bits per heavy atom. The van der Waals surface area contributed by atoms with Gasteiger partial charge in [0.15, 0.2) is 0 Å². The van der Waals surface area contributed by atoms with Crippen LogP contribution in [0.3, 0.4) is 0 Å². The summed E-state index contributed by atoms with van der Waals surface area (Å²) in [7, 11) is 0. The summed E-state index contributed by atoms with van der Waals surface area (Å²) in [5.41, 5.74) is -0.130. The SMILES string of the molecule is CCCN1C(=O)C2(CC2)NC1CC(C)C. The van der Waals surface area contributed by atoms with Crippen molar-refractivity contribution in [2.24, 2.45) is 5.92 Å². The molecule has 0 aromatic rings. The minimum atomic E-state index is -0.130. The molecule has 0 bridgehead atoms. The van der Waals surface area contributed by atoms with Crippen molar-refractivity contribution in [3.05, 3.63) is 0 Å². The van der Waals surface area contributed by atoms with Gasteiger partial charge in [0.1, 0.15) is 0 Å². The lowest BCUT2D eigenvalue weighted by molar-refractivity contribution is -0.130. The van der Waals surface area contributed by atoms with Crippen molar-refractivity contribution in [2.75, 3.05) is 6.54 Å². The average Bonchev–Trinajstić information content (AvgIpc) is 2.88. The second-order valence-electron chi connectivity index (χ2n) is 5.37. The Morgan fingerprint density at radius 1 is 1.53 bits per heavy atom. The molecular formula is C12H22N2O. The van der Waals surface area contributed by atoms with Gasteiger partial charge in [0.2, 0.25) is 5.91 Å². The van der Waals surface area contributed by atoms with Crippen LogP contribution in [0.15, 0.2) is 0 Å². The molecule has 0 aromatic heterocycles. The fourth-order valence-electron chi connectivity index (χ4n) is 2.49. The highest BCUT2D eigenvalue weighted by Crippen LogP contribution is 2.42. The van der Waals surface area contributed by atoms with Gasteiger partial charge in [-0.15, -0.1) is 0 Å². The molecule has 1 aliphatic heterocycles. The molecule has 1 saturated heterocycles. The molecule has 1 atom stereocenters. The summed E-state index contributed by atoms with van der Waals surface area (Å²) in [6.07, 6.45) is 4.51. The van der Waals surface area contributed by atoms with Gasteiger partial charge in [0.25, 0.3) is 0 Å². The molecule has 3 heteroatoms. The van der Waals surface area contributed by atoms with E-state index in [1.807, 2.05) is 0 Å². The van der Waals surface area contributed by atoms with Gasteiger partial charge < -0.3 is 4.90 Å². The number of nitrogens with zero attached hydrogens (tertiary/aromatic N) is 1. The Bertz CT molecular complexity index is 258.